The summed E-state index contributed by atoms with van der Waals surface area (Å²) in [6, 6.07) is 1.82. The number of unbranched alkanes of at least 4 members (excludes halogenated alkanes) is 9. The Balaban J connectivity index is 1.93. The Hall–Kier alpha value is -0.830. The van der Waals surface area contributed by atoms with E-state index in [0.717, 1.165) is 6.42 Å². The van der Waals surface area contributed by atoms with Crippen molar-refractivity contribution in [3.8, 4) is 0 Å². The summed E-state index contributed by atoms with van der Waals surface area (Å²) in [6.07, 6.45) is 14.5. The van der Waals surface area contributed by atoms with Gasteiger partial charge in [-0.3, -0.25) is 0 Å². The van der Waals surface area contributed by atoms with Gasteiger partial charge in [0.2, 0.25) is 0 Å². The average Bonchev–Trinajstić information content (AvgIpc) is 2.90. The summed E-state index contributed by atoms with van der Waals surface area (Å²) in [5.74, 6) is -0.802. The van der Waals surface area contributed by atoms with E-state index in [1.54, 1.807) is 0 Å². The second-order valence-corrected chi connectivity index (χ2v) is 6.47. The van der Waals surface area contributed by atoms with Crippen molar-refractivity contribution < 1.29 is 9.90 Å². The molecular formula is C17H28O2S. The molecule has 0 spiro atoms. The molecule has 1 heterocycles. The van der Waals surface area contributed by atoms with Gasteiger partial charge >= 0.3 is 5.97 Å². The average molecular weight is 296 g/mol. The fourth-order valence-electron chi connectivity index (χ4n) is 2.44. The SMILES string of the molecule is CCCCCCCCCCCCc1csc(C(=O)O)c1. The van der Waals surface area contributed by atoms with Crippen LogP contribution in [0.1, 0.15) is 86.4 Å². The van der Waals surface area contributed by atoms with Crippen LogP contribution in [0.2, 0.25) is 0 Å². The lowest BCUT2D eigenvalue weighted by molar-refractivity contribution is 0.0702. The zero-order valence-corrected chi connectivity index (χ0v) is 13.5. The van der Waals surface area contributed by atoms with Gasteiger partial charge in [0, 0.05) is 0 Å². The van der Waals surface area contributed by atoms with Crippen LogP contribution in [0.15, 0.2) is 11.4 Å². The third-order valence-electron chi connectivity index (χ3n) is 3.68. The van der Waals surface area contributed by atoms with Gasteiger partial charge in [-0.05, 0) is 29.9 Å². The van der Waals surface area contributed by atoms with Crippen molar-refractivity contribution in [2.24, 2.45) is 0 Å². The van der Waals surface area contributed by atoms with Crippen molar-refractivity contribution in [1.82, 2.24) is 0 Å². The largest absolute Gasteiger partial charge is 0.477 e. The fraction of sp³-hybridized carbons (Fsp3) is 0.706. The zero-order valence-electron chi connectivity index (χ0n) is 12.7. The first-order valence-corrected chi connectivity index (χ1v) is 8.92. The number of aryl methyl sites for hydroxylation is 1. The van der Waals surface area contributed by atoms with Gasteiger partial charge in [0.1, 0.15) is 4.88 Å². The first-order chi connectivity index (χ1) is 9.74. The Labute approximate surface area is 127 Å². The van der Waals surface area contributed by atoms with E-state index in [1.807, 2.05) is 11.4 Å². The molecule has 0 bridgehead atoms. The molecule has 114 valence electrons. The lowest BCUT2D eigenvalue weighted by Gasteiger charge is -2.02. The van der Waals surface area contributed by atoms with E-state index < -0.39 is 5.97 Å². The molecule has 20 heavy (non-hydrogen) atoms. The summed E-state index contributed by atoms with van der Waals surface area (Å²) in [6.45, 7) is 2.26. The van der Waals surface area contributed by atoms with E-state index in [2.05, 4.69) is 6.92 Å². The van der Waals surface area contributed by atoms with Gasteiger partial charge in [-0.25, -0.2) is 4.79 Å². The van der Waals surface area contributed by atoms with Gasteiger partial charge in [0.15, 0.2) is 0 Å². The summed E-state index contributed by atoms with van der Waals surface area (Å²) in [5.41, 5.74) is 1.19. The molecule has 1 aromatic heterocycles. The Bertz CT molecular complexity index is 371. The Kier molecular flexibility index (Phi) is 9.38. The van der Waals surface area contributed by atoms with Crippen LogP contribution in [0.3, 0.4) is 0 Å². The maximum Gasteiger partial charge on any atom is 0.345 e. The van der Waals surface area contributed by atoms with Crippen LogP contribution < -0.4 is 0 Å². The monoisotopic (exact) mass is 296 g/mol. The maximum absolute atomic E-state index is 10.8. The number of hydrogen-bond donors (Lipinski definition) is 1. The molecule has 0 saturated carbocycles. The molecule has 0 aliphatic heterocycles. The van der Waals surface area contributed by atoms with Gasteiger partial charge in [-0.2, -0.15) is 0 Å². The minimum absolute atomic E-state index is 0.465. The van der Waals surface area contributed by atoms with Crippen LogP contribution in [0.5, 0.6) is 0 Å². The number of rotatable bonds is 12. The van der Waals surface area contributed by atoms with Crippen molar-refractivity contribution in [3.05, 3.63) is 21.9 Å². The first-order valence-electron chi connectivity index (χ1n) is 8.04. The molecule has 1 rings (SSSR count). The van der Waals surface area contributed by atoms with Crippen LogP contribution in [0.4, 0.5) is 0 Å². The van der Waals surface area contributed by atoms with Crippen LogP contribution in [-0.4, -0.2) is 11.1 Å². The molecule has 0 amide bonds. The van der Waals surface area contributed by atoms with Crippen LogP contribution >= 0.6 is 11.3 Å². The molecule has 0 fully saturated rings. The molecule has 0 aliphatic carbocycles. The molecule has 1 N–H and O–H groups in total. The standard InChI is InChI=1S/C17H28O2S/c1-2-3-4-5-6-7-8-9-10-11-12-15-13-16(17(18)19)20-14-15/h13-14H,2-12H2,1H3,(H,18,19). The van der Waals surface area contributed by atoms with Crippen LogP contribution in [-0.2, 0) is 6.42 Å². The number of hydrogen-bond acceptors (Lipinski definition) is 2. The van der Waals surface area contributed by atoms with Gasteiger partial charge in [0.05, 0.1) is 0 Å². The predicted molar refractivity (Wildman–Crippen MR) is 86.8 cm³/mol. The second-order valence-electron chi connectivity index (χ2n) is 5.56. The molecule has 0 atom stereocenters. The van der Waals surface area contributed by atoms with E-state index in [1.165, 1.54) is 81.1 Å². The van der Waals surface area contributed by atoms with Crippen LogP contribution in [0, 0.1) is 0 Å². The Morgan fingerprint density at radius 2 is 1.55 bits per heavy atom. The molecule has 0 saturated heterocycles. The van der Waals surface area contributed by atoms with E-state index in [0.29, 0.717) is 4.88 Å². The van der Waals surface area contributed by atoms with E-state index in [4.69, 9.17) is 5.11 Å². The molecular weight excluding hydrogens is 268 g/mol. The van der Waals surface area contributed by atoms with Crippen molar-refractivity contribution in [1.29, 1.82) is 0 Å². The number of carbonyl (C=O) groups is 1. The van der Waals surface area contributed by atoms with E-state index >= 15 is 0 Å². The van der Waals surface area contributed by atoms with Gasteiger partial charge in [0.25, 0.3) is 0 Å². The molecule has 0 aromatic carbocycles. The molecule has 3 heteroatoms. The topological polar surface area (TPSA) is 37.3 Å². The van der Waals surface area contributed by atoms with Crippen molar-refractivity contribution in [3.63, 3.8) is 0 Å². The highest BCUT2D eigenvalue weighted by Crippen LogP contribution is 2.17. The van der Waals surface area contributed by atoms with Crippen LogP contribution in [0.25, 0.3) is 0 Å². The third-order valence-corrected chi connectivity index (χ3v) is 4.65. The normalized spacial score (nSPS) is 10.8. The molecule has 2 nitrogen and oxygen atoms in total. The van der Waals surface area contributed by atoms with Gasteiger partial charge in [-0.1, -0.05) is 64.7 Å². The summed E-state index contributed by atoms with van der Waals surface area (Å²) < 4.78 is 0. The quantitative estimate of drug-likeness (QED) is 0.487. The van der Waals surface area contributed by atoms with Crippen molar-refractivity contribution in [2.75, 3.05) is 0 Å². The second kappa shape index (κ2) is 10.9. The Morgan fingerprint density at radius 3 is 2.05 bits per heavy atom. The Morgan fingerprint density at radius 1 is 1.00 bits per heavy atom. The molecule has 1 aromatic rings. The van der Waals surface area contributed by atoms with Gasteiger partial charge in [-0.15, -0.1) is 11.3 Å². The smallest absolute Gasteiger partial charge is 0.345 e. The summed E-state index contributed by atoms with van der Waals surface area (Å²) in [5, 5.41) is 10.8. The minimum atomic E-state index is -0.802. The minimum Gasteiger partial charge on any atom is -0.477 e. The zero-order chi connectivity index (χ0) is 14.6. The number of carboxylic acids is 1. The third kappa shape index (κ3) is 7.68. The maximum atomic E-state index is 10.8. The number of thiophene rings is 1. The summed E-state index contributed by atoms with van der Waals surface area (Å²) in [7, 11) is 0. The highest BCUT2D eigenvalue weighted by molar-refractivity contribution is 7.12. The van der Waals surface area contributed by atoms with E-state index in [-0.39, 0.29) is 0 Å². The summed E-state index contributed by atoms with van der Waals surface area (Å²) >= 11 is 1.34. The van der Waals surface area contributed by atoms with Crippen molar-refractivity contribution in [2.45, 2.75) is 77.6 Å². The summed E-state index contributed by atoms with van der Waals surface area (Å²) in [4.78, 5) is 11.2. The lowest BCUT2D eigenvalue weighted by Crippen LogP contribution is -1.90. The fourth-order valence-corrected chi connectivity index (χ4v) is 3.22. The van der Waals surface area contributed by atoms with E-state index in [9.17, 15) is 4.79 Å². The van der Waals surface area contributed by atoms with Gasteiger partial charge < -0.3 is 5.11 Å². The molecule has 0 aliphatic rings. The molecule has 0 unspecified atom stereocenters. The number of aromatic carboxylic acids is 1. The predicted octanol–water partition coefficient (Wildman–Crippen LogP) is 5.91. The highest BCUT2D eigenvalue weighted by atomic mass is 32.1. The number of carboxylic acid groups (broad SMARTS) is 1. The molecule has 0 radical (unpaired) electrons. The van der Waals surface area contributed by atoms with Crippen molar-refractivity contribution >= 4 is 17.3 Å². The first kappa shape index (κ1) is 17.2. The highest BCUT2D eigenvalue weighted by Gasteiger charge is 2.06. The lowest BCUT2D eigenvalue weighted by atomic mass is 10.0.